The van der Waals surface area contributed by atoms with Crippen molar-refractivity contribution in [2.24, 2.45) is 0 Å². The van der Waals surface area contributed by atoms with Gasteiger partial charge >= 0.3 is 0 Å². The number of nitrogens with zero attached hydrogens (tertiary/aromatic N) is 4. The average Bonchev–Trinajstić information content (AvgIpc) is 3.07. The smallest absolute Gasteiger partial charge is 0.234 e. The minimum Gasteiger partial charge on any atom is -0.493 e. The fourth-order valence-corrected chi connectivity index (χ4v) is 3.06. The lowest BCUT2D eigenvalue weighted by Gasteiger charge is -2.08. The summed E-state index contributed by atoms with van der Waals surface area (Å²) in [7, 11) is 1.63. The van der Waals surface area contributed by atoms with E-state index in [-0.39, 0.29) is 0 Å². The molecule has 8 heteroatoms. The number of hydrogen-bond donors (Lipinski definition) is 0. The zero-order chi connectivity index (χ0) is 14.7. The number of thioether (sulfide) groups is 1. The van der Waals surface area contributed by atoms with Gasteiger partial charge in [0, 0.05) is 0 Å². The molecule has 6 nitrogen and oxygen atoms in total. The minimum absolute atomic E-state index is 0.382. The van der Waals surface area contributed by atoms with E-state index in [0.29, 0.717) is 18.1 Å². The normalized spacial score (nSPS) is 11.0. The van der Waals surface area contributed by atoms with Crippen molar-refractivity contribution >= 4 is 28.1 Å². The van der Waals surface area contributed by atoms with Crippen molar-refractivity contribution in [1.29, 1.82) is 0 Å². The maximum absolute atomic E-state index is 5.77. The van der Waals surface area contributed by atoms with E-state index in [9.17, 15) is 0 Å². The first-order valence-electron chi connectivity index (χ1n) is 6.26. The third kappa shape index (κ3) is 2.96. The van der Waals surface area contributed by atoms with E-state index in [4.69, 9.17) is 9.47 Å². The summed E-state index contributed by atoms with van der Waals surface area (Å²) in [6, 6.07) is 7.55. The van der Waals surface area contributed by atoms with E-state index in [2.05, 4.69) is 15.3 Å². The topological polar surface area (TPSA) is 61.5 Å². The van der Waals surface area contributed by atoms with Gasteiger partial charge in [0.05, 0.1) is 12.9 Å². The van der Waals surface area contributed by atoms with Crippen LogP contribution in [-0.2, 0) is 12.4 Å². The molecule has 0 aliphatic carbocycles. The molecule has 0 saturated carbocycles. The number of para-hydroxylation sites is 2. The molecule has 0 saturated heterocycles. The maximum Gasteiger partial charge on any atom is 0.234 e. The Morgan fingerprint density at radius 2 is 2.05 bits per heavy atom. The zero-order valence-electron chi connectivity index (χ0n) is 11.6. The van der Waals surface area contributed by atoms with Crippen LogP contribution in [0.3, 0.4) is 0 Å². The van der Waals surface area contributed by atoms with E-state index >= 15 is 0 Å². The summed E-state index contributed by atoms with van der Waals surface area (Å²) >= 11 is 3.17. The number of hydrogen-bond acceptors (Lipinski definition) is 7. The van der Waals surface area contributed by atoms with Gasteiger partial charge in [0.2, 0.25) is 4.96 Å². The van der Waals surface area contributed by atoms with Crippen LogP contribution in [0.25, 0.3) is 4.96 Å². The maximum atomic E-state index is 5.77. The highest BCUT2D eigenvalue weighted by Crippen LogP contribution is 2.27. The summed E-state index contributed by atoms with van der Waals surface area (Å²) < 4.78 is 12.8. The summed E-state index contributed by atoms with van der Waals surface area (Å²) in [5, 5.41) is 13.6. The zero-order valence-corrected chi connectivity index (χ0v) is 13.3. The van der Waals surface area contributed by atoms with Crippen LogP contribution in [0.2, 0.25) is 0 Å². The van der Waals surface area contributed by atoms with Crippen LogP contribution in [0, 0.1) is 0 Å². The van der Waals surface area contributed by atoms with Gasteiger partial charge in [-0.1, -0.05) is 23.5 Å². The van der Waals surface area contributed by atoms with Crippen molar-refractivity contribution in [3.8, 4) is 11.5 Å². The first-order chi connectivity index (χ1) is 10.3. The summed E-state index contributed by atoms with van der Waals surface area (Å²) in [5.41, 5.74) is 0. The Hall–Kier alpha value is -1.80. The Morgan fingerprint density at radius 3 is 2.81 bits per heavy atom. The number of rotatable bonds is 6. The molecule has 0 radical (unpaired) electrons. The molecule has 0 unspecified atom stereocenters. The van der Waals surface area contributed by atoms with Gasteiger partial charge in [-0.05, 0) is 18.4 Å². The fourth-order valence-electron chi connectivity index (χ4n) is 1.85. The van der Waals surface area contributed by atoms with Crippen molar-refractivity contribution in [2.45, 2.75) is 12.4 Å². The molecule has 21 heavy (non-hydrogen) atoms. The van der Waals surface area contributed by atoms with Crippen molar-refractivity contribution in [3.63, 3.8) is 0 Å². The molecule has 0 atom stereocenters. The van der Waals surface area contributed by atoms with Crippen LogP contribution in [0.15, 0.2) is 24.3 Å². The lowest BCUT2D eigenvalue weighted by molar-refractivity contribution is 0.283. The van der Waals surface area contributed by atoms with Crippen LogP contribution in [0.5, 0.6) is 11.5 Å². The van der Waals surface area contributed by atoms with Gasteiger partial charge in [-0.15, -0.1) is 10.2 Å². The molecule has 3 aromatic rings. The van der Waals surface area contributed by atoms with Crippen molar-refractivity contribution < 1.29 is 9.47 Å². The Balaban J connectivity index is 1.76. The summed E-state index contributed by atoms with van der Waals surface area (Å²) in [6.45, 7) is 0.382. The number of benzene rings is 1. The number of methoxy groups -OCH3 is 1. The fraction of sp³-hybridized carbons (Fsp3) is 0.308. The lowest BCUT2D eigenvalue weighted by atomic mass is 10.3. The summed E-state index contributed by atoms with van der Waals surface area (Å²) in [6.07, 6.45) is 2.03. The van der Waals surface area contributed by atoms with Crippen LogP contribution in [-0.4, -0.2) is 33.2 Å². The predicted molar refractivity (Wildman–Crippen MR) is 83.2 cm³/mol. The molecule has 2 heterocycles. The second kappa shape index (κ2) is 6.31. The minimum atomic E-state index is 0.382. The second-order valence-corrected chi connectivity index (χ2v) is 6.09. The van der Waals surface area contributed by atoms with Crippen LogP contribution >= 0.6 is 23.1 Å². The van der Waals surface area contributed by atoms with Crippen molar-refractivity contribution in [3.05, 3.63) is 35.1 Å². The molecular formula is C13H14N4O2S2. The first-order valence-corrected chi connectivity index (χ1v) is 8.47. The van der Waals surface area contributed by atoms with Crippen molar-refractivity contribution in [2.75, 3.05) is 13.4 Å². The third-order valence-corrected chi connectivity index (χ3v) is 4.21. The summed E-state index contributed by atoms with van der Waals surface area (Å²) in [4.78, 5) is 0.790. The highest BCUT2D eigenvalue weighted by atomic mass is 32.2. The highest BCUT2D eigenvalue weighted by Gasteiger charge is 2.12. The molecule has 0 amide bonds. The average molecular weight is 322 g/mol. The van der Waals surface area contributed by atoms with Crippen LogP contribution < -0.4 is 9.47 Å². The number of ether oxygens (including phenoxy) is 2. The van der Waals surface area contributed by atoms with Gasteiger partial charge in [0.1, 0.15) is 6.61 Å². The molecule has 0 bridgehead atoms. The Bertz CT molecular complexity index is 741. The monoisotopic (exact) mass is 322 g/mol. The quantitative estimate of drug-likeness (QED) is 0.695. The first kappa shape index (κ1) is 14.2. The standard InChI is InChI=1S/C13H14N4O2S2/c1-18-9-5-3-4-6-10(9)19-7-12-16-17-11(8-20-2)14-15-13(17)21-12/h3-6H,7-8H2,1-2H3. The predicted octanol–water partition coefficient (Wildman–Crippen LogP) is 2.64. The second-order valence-electron chi connectivity index (χ2n) is 4.18. The lowest BCUT2D eigenvalue weighted by Crippen LogP contribution is -1.99. The van der Waals surface area contributed by atoms with Gasteiger partial charge in [-0.25, -0.2) is 0 Å². The molecular weight excluding hydrogens is 308 g/mol. The SMILES string of the molecule is COc1ccccc1OCc1nn2c(CSC)nnc2s1. The molecule has 0 fully saturated rings. The van der Waals surface area contributed by atoms with Gasteiger partial charge in [-0.3, -0.25) is 0 Å². The Morgan fingerprint density at radius 1 is 1.24 bits per heavy atom. The molecule has 0 aliphatic rings. The molecule has 0 N–H and O–H groups in total. The summed E-state index contributed by atoms with van der Waals surface area (Å²) in [5.74, 6) is 3.06. The molecule has 0 aliphatic heterocycles. The van der Waals surface area contributed by atoms with E-state index in [0.717, 1.165) is 21.5 Å². The van der Waals surface area contributed by atoms with E-state index < -0.39 is 0 Å². The van der Waals surface area contributed by atoms with Crippen molar-refractivity contribution in [1.82, 2.24) is 19.8 Å². The van der Waals surface area contributed by atoms with E-state index in [1.165, 1.54) is 11.3 Å². The van der Waals surface area contributed by atoms with E-state index in [1.807, 2.05) is 30.5 Å². The third-order valence-electron chi connectivity index (χ3n) is 2.79. The molecule has 110 valence electrons. The molecule has 0 spiro atoms. The molecule has 3 rings (SSSR count). The molecule has 1 aromatic carbocycles. The van der Waals surface area contributed by atoms with Crippen LogP contribution in [0.1, 0.15) is 10.8 Å². The van der Waals surface area contributed by atoms with E-state index in [1.54, 1.807) is 23.4 Å². The largest absolute Gasteiger partial charge is 0.493 e. The Labute approximate surface area is 130 Å². The Kier molecular flexibility index (Phi) is 4.26. The number of fused-ring (bicyclic) bond motifs is 1. The van der Waals surface area contributed by atoms with Gasteiger partial charge in [-0.2, -0.15) is 21.4 Å². The van der Waals surface area contributed by atoms with Crippen LogP contribution in [0.4, 0.5) is 0 Å². The molecule has 2 aromatic heterocycles. The number of aromatic nitrogens is 4. The van der Waals surface area contributed by atoms with Gasteiger partial charge in [0.25, 0.3) is 0 Å². The highest BCUT2D eigenvalue weighted by molar-refractivity contribution is 7.97. The van der Waals surface area contributed by atoms with Gasteiger partial charge in [0.15, 0.2) is 22.3 Å². The van der Waals surface area contributed by atoms with Gasteiger partial charge < -0.3 is 9.47 Å².